The second-order valence-electron chi connectivity index (χ2n) is 7.14. The molecule has 3 rings (SSSR count). The fraction of sp³-hybridized carbons (Fsp3) is 0.333. The maximum Gasteiger partial charge on any atom is 0.264 e. The van der Waals surface area contributed by atoms with Gasteiger partial charge in [-0.05, 0) is 48.6 Å². The number of carbonyl (C=O) groups is 1. The van der Waals surface area contributed by atoms with Crippen LogP contribution in [0, 0.1) is 0 Å². The molecule has 2 aromatic rings. The van der Waals surface area contributed by atoms with Crippen LogP contribution >= 0.6 is 12.2 Å². The highest BCUT2D eigenvalue weighted by atomic mass is 32.2. The summed E-state index contributed by atoms with van der Waals surface area (Å²) in [4.78, 5) is 14.8. The molecule has 0 radical (unpaired) electrons. The number of hydrogen-bond donors (Lipinski definition) is 2. The molecule has 32 heavy (non-hydrogen) atoms. The molecule has 0 bridgehead atoms. The molecular weight excluding hydrogens is 452 g/mol. The van der Waals surface area contributed by atoms with E-state index in [1.54, 1.807) is 18.2 Å². The Labute approximate surface area is 193 Å². The van der Waals surface area contributed by atoms with Gasteiger partial charge >= 0.3 is 0 Å². The molecule has 2 N–H and O–H groups in total. The predicted molar refractivity (Wildman–Crippen MR) is 128 cm³/mol. The Morgan fingerprint density at radius 3 is 2.03 bits per heavy atom. The first-order valence-corrected chi connectivity index (χ1v) is 12.1. The second-order valence-corrected chi connectivity index (χ2v) is 9.53. The van der Waals surface area contributed by atoms with Crippen LogP contribution in [-0.2, 0) is 10.0 Å². The number of sulfonamides is 1. The number of carbonyl (C=O) groups excluding carboxylic acids is 1. The predicted octanol–water partition coefficient (Wildman–Crippen LogP) is 1.91. The average molecular weight is 479 g/mol. The summed E-state index contributed by atoms with van der Waals surface area (Å²) < 4.78 is 35.3. The number of hydrogen-bond acceptors (Lipinski definition) is 7. The van der Waals surface area contributed by atoms with Gasteiger partial charge in [0.2, 0.25) is 10.0 Å². The summed E-state index contributed by atoms with van der Waals surface area (Å²) >= 11 is 5.28. The molecule has 0 atom stereocenters. The van der Waals surface area contributed by atoms with Gasteiger partial charge < -0.3 is 19.7 Å². The van der Waals surface area contributed by atoms with Crippen LogP contribution in [0.2, 0.25) is 0 Å². The van der Waals surface area contributed by atoms with E-state index in [0.29, 0.717) is 43.4 Å². The molecule has 1 aliphatic rings. The number of piperazine rings is 1. The van der Waals surface area contributed by atoms with Crippen molar-refractivity contribution in [3.05, 3.63) is 48.0 Å². The van der Waals surface area contributed by atoms with Crippen molar-refractivity contribution in [1.29, 1.82) is 0 Å². The molecule has 0 aliphatic carbocycles. The molecule has 0 spiro atoms. The third kappa shape index (κ3) is 5.67. The normalized spacial score (nSPS) is 14.5. The number of ether oxygens (including phenoxy) is 2. The lowest BCUT2D eigenvalue weighted by Crippen LogP contribution is -2.48. The highest BCUT2D eigenvalue weighted by Gasteiger charge is 2.23. The van der Waals surface area contributed by atoms with Gasteiger partial charge in [0.15, 0.2) is 5.11 Å². The fourth-order valence-electron chi connectivity index (χ4n) is 3.44. The standard InChI is InChI=1S/C21H26N4O5S2/c1-29-17-5-4-6-18(30-2)19(17)20(26)23-21(31)22-15-7-9-16(10-8-15)24-11-13-25(14-12-24)32(3,27)28/h4-10H,11-14H2,1-3H3,(H2,22,23,26,31). The van der Waals surface area contributed by atoms with Gasteiger partial charge in [-0.1, -0.05) is 6.07 Å². The van der Waals surface area contributed by atoms with E-state index in [-0.39, 0.29) is 10.7 Å². The molecule has 0 unspecified atom stereocenters. The Hall–Kier alpha value is -2.89. The van der Waals surface area contributed by atoms with Crippen molar-refractivity contribution in [2.45, 2.75) is 0 Å². The van der Waals surface area contributed by atoms with Gasteiger partial charge in [0.1, 0.15) is 17.1 Å². The van der Waals surface area contributed by atoms with E-state index in [1.807, 2.05) is 24.3 Å². The van der Waals surface area contributed by atoms with Crippen molar-refractivity contribution in [1.82, 2.24) is 9.62 Å². The van der Waals surface area contributed by atoms with Crippen LogP contribution in [0.5, 0.6) is 11.5 Å². The lowest BCUT2D eigenvalue weighted by Gasteiger charge is -2.34. The molecule has 0 aromatic heterocycles. The van der Waals surface area contributed by atoms with Crippen LogP contribution in [0.15, 0.2) is 42.5 Å². The lowest BCUT2D eigenvalue weighted by atomic mass is 10.1. The second kappa shape index (κ2) is 10.2. The SMILES string of the molecule is COc1cccc(OC)c1C(=O)NC(=S)Nc1ccc(N2CCN(S(C)(=O)=O)CC2)cc1. The van der Waals surface area contributed by atoms with Gasteiger partial charge in [-0.25, -0.2) is 8.42 Å². The number of nitrogens with zero attached hydrogens (tertiary/aromatic N) is 2. The maximum absolute atomic E-state index is 12.7. The third-order valence-corrected chi connectivity index (χ3v) is 6.59. The molecule has 1 fully saturated rings. The van der Waals surface area contributed by atoms with Gasteiger partial charge in [-0.15, -0.1) is 0 Å². The minimum Gasteiger partial charge on any atom is -0.496 e. The van der Waals surface area contributed by atoms with Gasteiger partial charge in [-0.2, -0.15) is 4.31 Å². The summed E-state index contributed by atoms with van der Waals surface area (Å²) in [5, 5.41) is 5.76. The number of nitrogens with one attached hydrogen (secondary N) is 2. The summed E-state index contributed by atoms with van der Waals surface area (Å²) in [6, 6.07) is 12.6. The number of methoxy groups -OCH3 is 2. The van der Waals surface area contributed by atoms with Gasteiger partial charge in [0.05, 0.1) is 20.5 Å². The molecule has 1 heterocycles. The Morgan fingerprint density at radius 2 is 1.53 bits per heavy atom. The Bertz CT molecular complexity index is 1060. The minimum atomic E-state index is -3.16. The largest absolute Gasteiger partial charge is 0.496 e. The quantitative estimate of drug-likeness (QED) is 0.608. The smallest absolute Gasteiger partial charge is 0.264 e. The first kappa shape index (κ1) is 23.8. The van der Waals surface area contributed by atoms with Crippen LogP contribution in [0.25, 0.3) is 0 Å². The highest BCUT2D eigenvalue weighted by molar-refractivity contribution is 7.88. The van der Waals surface area contributed by atoms with Crippen molar-refractivity contribution in [3.63, 3.8) is 0 Å². The van der Waals surface area contributed by atoms with Gasteiger partial charge in [-0.3, -0.25) is 10.1 Å². The summed E-state index contributed by atoms with van der Waals surface area (Å²) in [6.07, 6.45) is 1.23. The zero-order valence-electron chi connectivity index (χ0n) is 18.1. The number of rotatable bonds is 6. The van der Waals surface area contributed by atoms with Crippen molar-refractivity contribution < 1.29 is 22.7 Å². The summed E-state index contributed by atoms with van der Waals surface area (Å²) in [5.41, 5.74) is 1.95. The van der Waals surface area contributed by atoms with Crippen LogP contribution in [0.4, 0.5) is 11.4 Å². The molecular formula is C21H26N4O5S2. The summed E-state index contributed by atoms with van der Waals surface area (Å²) in [5.74, 6) is 0.312. The van der Waals surface area contributed by atoms with Crippen molar-refractivity contribution in [2.24, 2.45) is 0 Å². The maximum atomic E-state index is 12.7. The minimum absolute atomic E-state index is 0.137. The van der Waals surface area contributed by atoms with Crippen LogP contribution in [0.1, 0.15) is 10.4 Å². The van der Waals surface area contributed by atoms with E-state index in [0.717, 1.165) is 5.69 Å². The molecule has 1 saturated heterocycles. The Kier molecular flexibility index (Phi) is 7.54. The number of anilines is 2. The first-order chi connectivity index (χ1) is 15.2. The van der Waals surface area contributed by atoms with E-state index >= 15 is 0 Å². The zero-order chi connectivity index (χ0) is 23.3. The molecule has 2 aromatic carbocycles. The van der Waals surface area contributed by atoms with Crippen LogP contribution < -0.4 is 25.0 Å². The van der Waals surface area contributed by atoms with Gasteiger partial charge in [0.25, 0.3) is 5.91 Å². The van der Waals surface area contributed by atoms with E-state index in [4.69, 9.17) is 21.7 Å². The Balaban J connectivity index is 1.59. The summed E-state index contributed by atoms with van der Waals surface area (Å²) in [7, 11) is -0.205. The monoisotopic (exact) mass is 478 g/mol. The average Bonchev–Trinajstić information content (AvgIpc) is 2.78. The highest BCUT2D eigenvalue weighted by Crippen LogP contribution is 2.28. The molecule has 1 amide bonds. The van der Waals surface area contributed by atoms with Crippen molar-refractivity contribution in [2.75, 3.05) is 56.9 Å². The van der Waals surface area contributed by atoms with Crippen molar-refractivity contribution >= 4 is 44.6 Å². The fourth-order valence-corrected chi connectivity index (χ4v) is 4.47. The third-order valence-electron chi connectivity index (χ3n) is 5.08. The van der Waals surface area contributed by atoms with E-state index in [2.05, 4.69) is 15.5 Å². The van der Waals surface area contributed by atoms with Crippen molar-refractivity contribution in [3.8, 4) is 11.5 Å². The van der Waals surface area contributed by atoms with E-state index < -0.39 is 15.9 Å². The molecule has 0 saturated carbocycles. The molecule has 9 nitrogen and oxygen atoms in total. The van der Waals surface area contributed by atoms with Crippen LogP contribution in [0.3, 0.4) is 0 Å². The number of thiocarbonyl (C=S) groups is 1. The topological polar surface area (TPSA) is 100 Å². The number of amides is 1. The molecule has 11 heteroatoms. The van der Waals surface area contributed by atoms with Crippen LogP contribution in [-0.4, -0.2) is 70.4 Å². The number of benzene rings is 2. The Morgan fingerprint density at radius 1 is 0.969 bits per heavy atom. The zero-order valence-corrected chi connectivity index (χ0v) is 19.8. The lowest BCUT2D eigenvalue weighted by molar-refractivity contribution is 0.0971. The molecule has 1 aliphatic heterocycles. The molecule has 172 valence electrons. The summed E-state index contributed by atoms with van der Waals surface area (Å²) in [6.45, 7) is 2.16. The first-order valence-electron chi connectivity index (χ1n) is 9.86. The van der Waals surface area contributed by atoms with E-state index in [9.17, 15) is 13.2 Å². The van der Waals surface area contributed by atoms with Gasteiger partial charge in [0, 0.05) is 37.6 Å². The van der Waals surface area contributed by atoms with E-state index in [1.165, 1.54) is 24.8 Å².